The van der Waals surface area contributed by atoms with Crippen LogP contribution in [0.2, 0.25) is 0 Å². The minimum Gasteiger partial charge on any atom is -0.480 e. The van der Waals surface area contributed by atoms with Crippen molar-refractivity contribution in [3.63, 3.8) is 0 Å². The summed E-state index contributed by atoms with van der Waals surface area (Å²) >= 11 is 0. The molecule has 98 valence electrons. The zero-order valence-corrected chi connectivity index (χ0v) is 11.3. The smallest absolute Gasteiger partial charge is 0.324 e. The molecule has 17 heavy (non-hydrogen) atoms. The maximum Gasteiger partial charge on any atom is 0.324 e. The average molecular weight is 239 g/mol. The van der Waals surface area contributed by atoms with Crippen molar-refractivity contribution in [3.8, 4) is 0 Å². The lowest BCUT2D eigenvalue weighted by molar-refractivity contribution is -0.160. The Morgan fingerprint density at radius 3 is 2.29 bits per heavy atom. The SMILES string of the molecule is CC1CC(C)(C)CCC1(C(=O)O)N1CCCC1. The lowest BCUT2D eigenvalue weighted by Crippen LogP contribution is -2.60. The van der Waals surface area contributed by atoms with Crippen molar-refractivity contribution in [3.05, 3.63) is 0 Å². The number of rotatable bonds is 2. The highest BCUT2D eigenvalue weighted by atomic mass is 16.4. The fourth-order valence-corrected chi connectivity index (χ4v) is 3.91. The van der Waals surface area contributed by atoms with Crippen LogP contribution in [0, 0.1) is 11.3 Å². The molecule has 1 heterocycles. The van der Waals surface area contributed by atoms with Gasteiger partial charge >= 0.3 is 5.97 Å². The summed E-state index contributed by atoms with van der Waals surface area (Å²) in [5.74, 6) is -0.343. The van der Waals surface area contributed by atoms with E-state index in [-0.39, 0.29) is 5.92 Å². The van der Waals surface area contributed by atoms with Gasteiger partial charge in [0, 0.05) is 0 Å². The van der Waals surface area contributed by atoms with Crippen LogP contribution in [0.3, 0.4) is 0 Å². The van der Waals surface area contributed by atoms with E-state index in [9.17, 15) is 9.90 Å². The first-order chi connectivity index (χ1) is 7.88. The second-order valence-corrected chi connectivity index (χ2v) is 6.69. The molecular weight excluding hydrogens is 214 g/mol. The number of carboxylic acid groups (broad SMARTS) is 1. The first-order valence-electron chi connectivity index (χ1n) is 6.87. The van der Waals surface area contributed by atoms with Crippen LogP contribution in [-0.2, 0) is 4.79 Å². The van der Waals surface area contributed by atoms with Gasteiger partial charge in [-0.05, 0) is 56.5 Å². The summed E-state index contributed by atoms with van der Waals surface area (Å²) in [5, 5.41) is 9.75. The number of hydrogen-bond donors (Lipinski definition) is 1. The molecule has 2 atom stereocenters. The van der Waals surface area contributed by atoms with E-state index in [1.54, 1.807) is 0 Å². The molecule has 0 bridgehead atoms. The van der Waals surface area contributed by atoms with E-state index in [4.69, 9.17) is 0 Å². The van der Waals surface area contributed by atoms with E-state index >= 15 is 0 Å². The Kier molecular flexibility index (Phi) is 3.23. The number of nitrogens with zero attached hydrogens (tertiary/aromatic N) is 1. The summed E-state index contributed by atoms with van der Waals surface area (Å²) in [6.45, 7) is 8.60. The Morgan fingerprint density at radius 2 is 1.82 bits per heavy atom. The highest BCUT2D eigenvalue weighted by molar-refractivity contribution is 5.79. The van der Waals surface area contributed by atoms with E-state index in [1.165, 1.54) is 0 Å². The van der Waals surface area contributed by atoms with Crippen molar-refractivity contribution in [2.45, 2.75) is 58.4 Å². The first-order valence-corrected chi connectivity index (χ1v) is 6.87. The number of aliphatic carboxylic acids is 1. The Morgan fingerprint density at radius 1 is 1.24 bits per heavy atom. The summed E-state index contributed by atoms with van der Waals surface area (Å²) in [7, 11) is 0. The van der Waals surface area contributed by atoms with E-state index in [0.29, 0.717) is 5.41 Å². The summed E-state index contributed by atoms with van der Waals surface area (Å²) in [6.07, 6.45) is 5.18. The maximum absolute atomic E-state index is 11.8. The molecule has 0 radical (unpaired) electrons. The molecule has 1 N–H and O–H groups in total. The predicted molar refractivity (Wildman–Crippen MR) is 68.0 cm³/mol. The molecule has 3 nitrogen and oxygen atoms in total. The van der Waals surface area contributed by atoms with Gasteiger partial charge in [-0.2, -0.15) is 0 Å². The molecule has 0 spiro atoms. The van der Waals surface area contributed by atoms with Crippen molar-refractivity contribution < 1.29 is 9.90 Å². The number of carboxylic acids is 1. The van der Waals surface area contributed by atoms with Gasteiger partial charge in [0.05, 0.1) is 0 Å². The minimum atomic E-state index is -0.595. The van der Waals surface area contributed by atoms with Crippen LogP contribution in [0.4, 0.5) is 0 Å². The van der Waals surface area contributed by atoms with Gasteiger partial charge in [-0.3, -0.25) is 9.69 Å². The van der Waals surface area contributed by atoms with Crippen LogP contribution >= 0.6 is 0 Å². The van der Waals surface area contributed by atoms with Gasteiger partial charge in [-0.25, -0.2) is 0 Å². The third kappa shape index (κ3) is 2.10. The fraction of sp³-hybridized carbons (Fsp3) is 0.929. The highest BCUT2D eigenvalue weighted by Crippen LogP contribution is 2.47. The van der Waals surface area contributed by atoms with Crippen LogP contribution in [0.1, 0.15) is 52.9 Å². The Hall–Kier alpha value is -0.570. The van der Waals surface area contributed by atoms with Gasteiger partial charge in [0.2, 0.25) is 0 Å². The standard InChI is InChI=1S/C14H25NO2/c1-11-10-13(2,3)6-7-14(11,12(16)17)15-8-4-5-9-15/h11H,4-10H2,1-3H3,(H,16,17). The van der Waals surface area contributed by atoms with Crippen LogP contribution < -0.4 is 0 Å². The van der Waals surface area contributed by atoms with Gasteiger partial charge < -0.3 is 5.11 Å². The summed E-state index contributed by atoms with van der Waals surface area (Å²) in [5.41, 5.74) is -0.274. The molecular formula is C14H25NO2. The summed E-state index contributed by atoms with van der Waals surface area (Å²) < 4.78 is 0. The molecule has 2 rings (SSSR count). The molecule has 2 aliphatic rings. The minimum absolute atomic E-state index is 0.252. The molecule has 1 saturated heterocycles. The molecule has 2 fully saturated rings. The molecule has 1 aliphatic heterocycles. The Bertz CT molecular complexity index is 307. The Balaban J connectivity index is 2.26. The molecule has 1 saturated carbocycles. The lowest BCUT2D eigenvalue weighted by atomic mass is 9.63. The zero-order valence-electron chi connectivity index (χ0n) is 11.3. The first kappa shape index (κ1) is 12.9. The van der Waals surface area contributed by atoms with Crippen molar-refractivity contribution in [1.82, 2.24) is 4.90 Å². The van der Waals surface area contributed by atoms with Gasteiger partial charge in [-0.15, -0.1) is 0 Å². The fourth-order valence-electron chi connectivity index (χ4n) is 3.91. The summed E-state index contributed by atoms with van der Waals surface area (Å²) in [4.78, 5) is 14.1. The topological polar surface area (TPSA) is 40.5 Å². The van der Waals surface area contributed by atoms with Gasteiger partial charge in [-0.1, -0.05) is 20.8 Å². The van der Waals surface area contributed by atoms with Crippen molar-refractivity contribution >= 4 is 5.97 Å². The summed E-state index contributed by atoms with van der Waals surface area (Å²) in [6, 6.07) is 0. The van der Waals surface area contributed by atoms with Crippen LogP contribution in [0.5, 0.6) is 0 Å². The molecule has 0 aromatic heterocycles. The molecule has 3 heteroatoms. The zero-order chi connectivity index (χ0) is 12.7. The Labute approximate surface area is 104 Å². The van der Waals surface area contributed by atoms with Crippen molar-refractivity contribution in [1.29, 1.82) is 0 Å². The third-order valence-electron chi connectivity index (χ3n) is 4.90. The third-order valence-corrected chi connectivity index (χ3v) is 4.90. The molecule has 2 unspecified atom stereocenters. The van der Waals surface area contributed by atoms with Gasteiger partial charge in [0.25, 0.3) is 0 Å². The van der Waals surface area contributed by atoms with Crippen molar-refractivity contribution in [2.75, 3.05) is 13.1 Å². The second kappa shape index (κ2) is 4.27. The van der Waals surface area contributed by atoms with Crippen LogP contribution in [0.25, 0.3) is 0 Å². The number of likely N-dealkylation sites (tertiary alicyclic amines) is 1. The predicted octanol–water partition coefficient (Wildman–Crippen LogP) is 2.75. The number of carbonyl (C=O) groups is 1. The second-order valence-electron chi connectivity index (χ2n) is 6.69. The van der Waals surface area contributed by atoms with E-state index in [1.807, 2.05) is 0 Å². The van der Waals surface area contributed by atoms with Crippen LogP contribution in [0.15, 0.2) is 0 Å². The van der Waals surface area contributed by atoms with Crippen molar-refractivity contribution in [2.24, 2.45) is 11.3 Å². The highest BCUT2D eigenvalue weighted by Gasteiger charge is 2.53. The van der Waals surface area contributed by atoms with E-state index in [0.717, 1.165) is 45.2 Å². The van der Waals surface area contributed by atoms with Crippen LogP contribution in [-0.4, -0.2) is 34.6 Å². The van der Waals surface area contributed by atoms with E-state index < -0.39 is 11.5 Å². The maximum atomic E-state index is 11.8. The average Bonchev–Trinajstić information content (AvgIpc) is 2.69. The largest absolute Gasteiger partial charge is 0.480 e. The quantitative estimate of drug-likeness (QED) is 0.805. The molecule has 0 amide bonds. The van der Waals surface area contributed by atoms with Gasteiger partial charge in [0.15, 0.2) is 0 Å². The monoisotopic (exact) mass is 239 g/mol. The molecule has 0 aromatic rings. The number of hydrogen-bond acceptors (Lipinski definition) is 2. The molecule has 0 aromatic carbocycles. The van der Waals surface area contributed by atoms with E-state index in [2.05, 4.69) is 25.7 Å². The normalized spacial score (nSPS) is 38.2. The lowest BCUT2D eigenvalue weighted by Gasteiger charge is -2.50. The molecule has 1 aliphatic carbocycles. The van der Waals surface area contributed by atoms with Gasteiger partial charge in [0.1, 0.15) is 5.54 Å².